The van der Waals surface area contributed by atoms with Gasteiger partial charge in [0.15, 0.2) is 24.0 Å². The van der Waals surface area contributed by atoms with Crippen molar-refractivity contribution in [2.75, 3.05) is 12.3 Å². The highest BCUT2D eigenvalue weighted by Crippen LogP contribution is 2.47. The van der Waals surface area contributed by atoms with E-state index in [1.165, 1.54) is 0 Å². The fraction of sp³-hybridized carbons (Fsp3) is 0.615. The van der Waals surface area contributed by atoms with Crippen LogP contribution in [-0.4, -0.2) is 60.8 Å². The Morgan fingerprint density at radius 1 is 1.61 bits per heavy atom. The number of carboxylic acid groups (broad SMARTS) is 1. The number of nitrogens with zero attached hydrogens (tertiary/aromatic N) is 3. The summed E-state index contributed by atoms with van der Waals surface area (Å²) in [5, 5.41) is 19.0. The molecule has 1 fully saturated rings. The molecule has 1 unspecified atom stereocenters. The fourth-order valence-corrected chi connectivity index (χ4v) is 3.17. The van der Waals surface area contributed by atoms with Crippen molar-refractivity contribution in [1.82, 2.24) is 14.4 Å². The minimum atomic E-state index is -3.24. The highest BCUT2D eigenvalue weighted by Gasteiger charge is 2.65. The normalized spacial score (nSPS) is 31.8. The lowest BCUT2D eigenvalue weighted by atomic mass is 9.97. The summed E-state index contributed by atoms with van der Waals surface area (Å²) in [5.41, 5.74) is 6.58. The van der Waals surface area contributed by atoms with Gasteiger partial charge < -0.3 is 20.7 Å². The molecule has 1 aliphatic heterocycles. The molecule has 0 amide bonds. The fourth-order valence-electron chi connectivity index (χ4n) is 2.56. The number of anilines is 1. The first-order valence-electron chi connectivity index (χ1n) is 7.76. The van der Waals surface area contributed by atoms with E-state index in [1.807, 2.05) is 0 Å². The second kappa shape index (κ2) is 7.73. The van der Waals surface area contributed by atoms with Gasteiger partial charge in [-0.3, -0.25) is 14.2 Å². The third-order valence-corrected chi connectivity index (χ3v) is 4.96. The standard InChI is InChI=1S/C13H18F2N5O7P/c1-6(8(21)22)20(28(17)25)26-5-13(15)9(23)12(2,14)10(27-13)19-4-3-7(16)18-11(19)24/h3-4,6,9-10,23H,5H2,1-2H3,(H4-,16,17,18,21,22,24,25)/p+1/t6-,9-,10+,12+,13+/m0/s1. The zero-order valence-corrected chi connectivity index (χ0v) is 15.6. The van der Waals surface area contributed by atoms with Crippen molar-refractivity contribution in [3.8, 4) is 0 Å². The topological polar surface area (TPSA) is 183 Å². The highest BCUT2D eigenvalue weighted by atomic mass is 31.1. The third-order valence-electron chi connectivity index (χ3n) is 4.11. The Morgan fingerprint density at radius 2 is 2.21 bits per heavy atom. The van der Waals surface area contributed by atoms with E-state index >= 15 is 8.78 Å². The molecule has 1 aromatic rings. The van der Waals surface area contributed by atoms with Crippen LogP contribution in [0.4, 0.5) is 14.6 Å². The molecule has 0 saturated carbocycles. The van der Waals surface area contributed by atoms with Gasteiger partial charge in [0.2, 0.25) is 0 Å². The minimum absolute atomic E-state index is 0.166. The van der Waals surface area contributed by atoms with Crippen LogP contribution in [0.5, 0.6) is 0 Å². The molecule has 1 aromatic heterocycles. The zero-order valence-electron chi connectivity index (χ0n) is 14.7. The zero-order chi connectivity index (χ0) is 21.4. The minimum Gasteiger partial charge on any atom is -0.480 e. The van der Waals surface area contributed by atoms with E-state index in [4.69, 9.17) is 25.9 Å². The van der Waals surface area contributed by atoms with Gasteiger partial charge in [0.05, 0.1) is 4.83 Å². The SMILES string of the molecule is C[C@@H](C(=O)O)N(OC[C@@]1(F)O[C@@H](n2ccc(N)nc2=O)[C@](C)(F)[C@@H]1O)[P+](N)=O. The largest absolute Gasteiger partial charge is 0.558 e. The summed E-state index contributed by atoms with van der Waals surface area (Å²) in [6, 6.07) is -0.413. The van der Waals surface area contributed by atoms with Crippen LogP contribution in [0.15, 0.2) is 17.1 Å². The van der Waals surface area contributed by atoms with E-state index in [0.29, 0.717) is 4.57 Å². The highest BCUT2D eigenvalue weighted by molar-refractivity contribution is 7.39. The number of alkyl halides is 2. The lowest BCUT2D eigenvalue weighted by Crippen LogP contribution is -2.49. The van der Waals surface area contributed by atoms with Crippen LogP contribution < -0.4 is 16.9 Å². The molecule has 15 heteroatoms. The first-order chi connectivity index (χ1) is 12.8. The summed E-state index contributed by atoms with van der Waals surface area (Å²) < 4.78 is 47.1. The number of nitrogen functional groups attached to an aromatic ring is 1. The van der Waals surface area contributed by atoms with Gasteiger partial charge in [-0.05, 0) is 24.5 Å². The van der Waals surface area contributed by atoms with Crippen molar-refractivity contribution >= 4 is 19.9 Å². The average molecular weight is 426 g/mol. The summed E-state index contributed by atoms with van der Waals surface area (Å²) in [6.45, 7) is 0.575. The smallest absolute Gasteiger partial charge is 0.480 e. The molecular weight excluding hydrogens is 407 g/mol. The second-order valence-corrected chi connectivity index (χ2v) is 7.24. The number of hydrogen-bond donors (Lipinski definition) is 4. The van der Waals surface area contributed by atoms with E-state index in [2.05, 4.69) is 4.98 Å². The molecule has 2 rings (SSSR count). The molecule has 6 atom stereocenters. The maximum Gasteiger partial charge on any atom is 0.558 e. The van der Waals surface area contributed by atoms with Gasteiger partial charge in [0.1, 0.15) is 12.4 Å². The first kappa shape index (κ1) is 22.2. The van der Waals surface area contributed by atoms with Crippen LogP contribution in [0.1, 0.15) is 20.1 Å². The monoisotopic (exact) mass is 426 g/mol. The van der Waals surface area contributed by atoms with Crippen molar-refractivity contribution in [2.24, 2.45) is 5.50 Å². The number of rotatable bonds is 7. The number of carboxylic acids is 1. The van der Waals surface area contributed by atoms with Crippen molar-refractivity contribution in [3.63, 3.8) is 0 Å². The molecule has 156 valence electrons. The lowest BCUT2D eigenvalue weighted by Gasteiger charge is -2.25. The van der Waals surface area contributed by atoms with Gasteiger partial charge in [0.25, 0.3) is 5.85 Å². The number of nitrogens with two attached hydrogens (primary N) is 2. The summed E-state index contributed by atoms with van der Waals surface area (Å²) in [4.78, 5) is 31.4. The summed E-state index contributed by atoms with van der Waals surface area (Å²) in [7, 11) is -2.88. The number of hydroxylamine groups is 1. The van der Waals surface area contributed by atoms with Crippen molar-refractivity contribution < 1.29 is 37.9 Å². The molecular formula is C13H19F2N5O7P+. The summed E-state index contributed by atoms with van der Waals surface area (Å²) >= 11 is 0. The molecule has 6 N–H and O–H groups in total. The molecule has 0 bridgehead atoms. The van der Waals surface area contributed by atoms with Gasteiger partial charge in [-0.1, -0.05) is 0 Å². The quantitative estimate of drug-likeness (QED) is 0.323. The van der Waals surface area contributed by atoms with Gasteiger partial charge in [0, 0.05) is 6.20 Å². The Hall–Kier alpha value is -2.09. The van der Waals surface area contributed by atoms with Crippen LogP contribution >= 0.6 is 8.10 Å². The van der Waals surface area contributed by atoms with Crippen molar-refractivity contribution in [1.29, 1.82) is 0 Å². The number of aromatic nitrogens is 2. The van der Waals surface area contributed by atoms with Crippen molar-refractivity contribution in [3.05, 3.63) is 22.7 Å². The molecule has 1 aliphatic rings. The number of carbonyl (C=O) groups is 1. The third kappa shape index (κ3) is 4.01. The van der Waals surface area contributed by atoms with E-state index < -0.39 is 56.3 Å². The Morgan fingerprint density at radius 3 is 2.71 bits per heavy atom. The summed E-state index contributed by atoms with van der Waals surface area (Å²) in [5.74, 6) is -4.89. The summed E-state index contributed by atoms with van der Waals surface area (Å²) in [6.07, 6.45) is -3.41. The van der Waals surface area contributed by atoms with Gasteiger partial charge in [-0.2, -0.15) is 4.98 Å². The van der Waals surface area contributed by atoms with Gasteiger partial charge in [-0.15, -0.1) is 5.50 Å². The molecule has 2 heterocycles. The van der Waals surface area contributed by atoms with Crippen LogP contribution in [0, 0.1) is 0 Å². The van der Waals surface area contributed by atoms with E-state index in [0.717, 1.165) is 26.1 Å². The number of aliphatic hydroxyl groups is 1. The van der Waals surface area contributed by atoms with Gasteiger partial charge >= 0.3 is 19.8 Å². The molecule has 12 nitrogen and oxygen atoms in total. The number of halogens is 2. The van der Waals surface area contributed by atoms with E-state index in [1.54, 1.807) is 0 Å². The van der Waals surface area contributed by atoms with Crippen LogP contribution in [0.25, 0.3) is 0 Å². The Labute approximate surface area is 157 Å². The second-order valence-electron chi connectivity index (χ2n) is 6.25. The number of ether oxygens (including phenoxy) is 1. The first-order valence-corrected chi connectivity index (χ1v) is 9.04. The number of aliphatic hydroxyl groups excluding tert-OH is 1. The van der Waals surface area contributed by atoms with Crippen molar-refractivity contribution in [2.45, 2.75) is 43.7 Å². The van der Waals surface area contributed by atoms with Crippen LogP contribution in [0.2, 0.25) is 0 Å². The predicted octanol–water partition coefficient (Wildman–Crippen LogP) is -0.568. The Kier molecular flexibility index (Phi) is 6.13. The van der Waals surface area contributed by atoms with Crippen LogP contribution in [-0.2, 0) is 18.9 Å². The maximum absolute atomic E-state index is 15.1. The molecule has 0 spiro atoms. The molecule has 0 aromatic carbocycles. The average Bonchev–Trinajstić information content (AvgIpc) is 2.75. The number of aliphatic carboxylic acids is 1. The Balaban J connectivity index is 2.29. The predicted molar refractivity (Wildman–Crippen MR) is 89.1 cm³/mol. The Bertz CT molecular complexity index is 840. The molecule has 0 radical (unpaired) electrons. The van der Waals surface area contributed by atoms with E-state index in [-0.39, 0.29) is 10.7 Å². The van der Waals surface area contributed by atoms with E-state index in [9.17, 15) is 19.3 Å². The molecule has 1 saturated heterocycles. The number of hydrogen-bond acceptors (Lipinski definition) is 8. The maximum atomic E-state index is 15.1. The molecule has 0 aliphatic carbocycles. The van der Waals surface area contributed by atoms with Gasteiger partial charge in [-0.25, -0.2) is 13.6 Å². The van der Waals surface area contributed by atoms with Crippen LogP contribution in [0.3, 0.4) is 0 Å². The lowest BCUT2D eigenvalue weighted by molar-refractivity contribution is -0.253. The molecule has 28 heavy (non-hydrogen) atoms.